The maximum absolute atomic E-state index is 9.45. The lowest BCUT2D eigenvalue weighted by Crippen LogP contribution is -1.87. The second kappa shape index (κ2) is 9.20. The summed E-state index contributed by atoms with van der Waals surface area (Å²) < 4.78 is 12.1. The molecule has 0 amide bonds. The smallest absolute Gasteiger partial charge is 0.135 e. The van der Waals surface area contributed by atoms with Gasteiger partial charge in [-0.25, -0.2) is 0 Å². The first-order chi connectivity index (χ1) is 20.7. The molecule has 0 radical (unpaired) electrons. The molecule has 0 aliphatic rings. The summed E-state index contributed by atoms with van der Waals surface area (Å²) in [6.45, 7) is 0. The van der Waals surface area contributed by atoms with Crippen LogP contribution in [0.15, 0.2) is 124 Å². The standard InChI is InChI=1S/C37H19N3O2/c38-19-22-3-7-34-30(12-22)32-17-24(5-9-36(32)41-34)27-14-28(16-29(15-27)26-2-1-11-40-21-26)25-6-10-37-33(18-25)31-13-23(20-39)4-8-35(31)42-37/h1-18,21H. The van der Waals surface area contributed by atoms with E-state index in [1.54, 1.807) is 18.3 Å². The van der Waals surface area contributed by atoms with Gasteiger partial charge in [0.05, 0.1) is 23.3 Å². The SMILES string of the molecule is N#Cc1ccc2oc3ccc(-c4cc(-c5cccnc5)cc(-c5ccc6oc7ccc(C#N)cc7c6c5)c4)cc3c2c1. The van der Waals surface area contributed by atoms with Crippen LogP contribution >= 0.6 is 0 Å². The molecule has 5 aromatic carbocycles. The minimum Gasteiger partial charge on any atom is -0.456 e. The fourth-order valence-corrected chi connectivity index (χ4v) is 5.71. The molecular formula is C37H19N3O2. The van der Waals surface area contributed by atoms with Gasteiger partial charge in [-0.15, -0.1) is 0 Å². The molecule has 5 heteroatoms. The maximum atomic E-state index is 9.45. The van der Waals surface area contributed by atoms with Gasteiger partial charge in [-0.3, -0.25) is 4.98 Å². The number of hydrogen-bond donors (Lipinski definition) is 0. The number of hydrogen-bond acceptors (Lipinski definition) is 5. The van der Waals surface area contributed by atoms with E-state index in [0.29, 0.717) is 11.1 Å². The van der Waals surface area contributed by atoms with Gasteiger partial charge in [0.2, 0.25) is 0 Å². The predicted molar refractivity (Wildman–Crippen MR) is 165 cm³/mol. The molecule has 0 bridgehead atoms. The van der Waals surface area contributed by atoms with Crippen LogP contribution in [-0.2, 0) is 0 Å². The third kappa shape index (κ3) is 3.81. The molecular weight excluding hydrogens is 518 g/mol. The van der Waals surface area contributed by atoms with Crippen LogP contribution in [0.25, 0.3) is 77.3 Å². The van der Waals surface area contributed by atoms with Gasteiger partial charge in [0.1, 0.15) is 22.3 Å². The number of nitriles is 2. The zero-order valence-corrected chi connectivity index (χ0v) is 22.1. The number of pyridine rings is 1. The molecule has 0 spiro atoms. The van der Waals surface area contributed by atoms with Crippen molar-refractivity contribution < 1.29 is 8.83 Å². The van der Waals surface area contributed by atoms with Crippen molar-refractivity contribution >= 4 is 43.9 Å². The summed E-state index contributed by atoms with van der Waals surface area (Å²) in [5, 5.41) is 22.7. The summed E-state index contributed by atoms with van der Waals surface area (Å²) in [7, 11) is 0. The van der Waals surface area contributed by atoms with E-state index in [4.69, 9.17) is 8.83 Å². The Morgan fingerprint density at radius 2 is 0.905 bits per heavy atom. The van der Waals surface area contributed by atoms with Crippen LogP contribution in [0.2, 0.25) is 0 Å². The van der Waals surface area contributed by atoms with E-state index in [1.165, 1.54) is 0 Å². The molecule has 0 unspecified atom stereocenters. The molecule has 0 saturated carbocycles. The van der Waals surface area contributed by atoms with E-state index < -0.39 is 0 Å². The Bertz CT molecular complexity index is 2290. The van der Waals surface area contributed by atoms with Crippen molar-refractivity contribution in [3.8, 4) is 45.5 Å². The molecule has 194 valence electrons. The summed E-state index contributed by atoms with van der Waals surface area (Å²) in [5.41, 5.74) is 10.5. The monoisotopic (exact) mass is 537 g/mol. The van der Waals surface area contributed by atoms with E-state index in [1.807, 2.05) is 48.7 Å². The normalized spacial score (nSPS) is 11.3. The quantitative estimate of drug-likeness (QED) is 0.224. The number of furan rings is 2. The number of nitrogens with zero attached hydrogens (tertiary/aromatic N) is 3. The van der Waals surface area contributed by atoms with E-state index in [9.17, 15) is 10.5 Å². The van der Waals surface area contributed by atoms with Crippen LogP contribution in [0.4, 0.5) is 0 Å². The van der Waals surface area contributed by atoms with Crippen LogP contribution in [0, 0.1) is 22.7 Å². The highest BCUT2D eigenvalue weighted by Crippen LogP contribution is 2.38. The molecule has 3 aromatic heterocycles. The Kier molecular flexibility index (Phi) is 5.19. The summed E-state index contributed by atoms with van der Waals surface area (Å²) in [4.78, 5) is 4.36. The zero-order chi connectivity index (χ0) is 28.2. The van der Waals surface area contributed by atoms with Gasteiger partial charge in [0, 0.05) is 39.5 Å². The summed E-state index contributed by atoms with van der Waals surface area (Å²) in [6, 6.07) is 38.4. The molecule has 42 heavy (non-hydrogen) atoms. The van der Waals surface area contributed by atoms with Gasteiger partial charge in [0.15, 0.2) is 0 Å². The molecule has 0 N–H and O–H groups in total. The van der Waals surface area contributed by atoms with Gasteiger partial charge < -0.3 is 8.83 Å². The first-order valence-electron chi connectivity index (χ1n) is 13.5. The first kappa shape index (κ1) is 23.7. The van der Waals surface area contributed by atoms with Crippen LogP contribution in [0.3, 0.4) is 0 Å². The lowest BCUT2D eigenvalue weighted by molar-refractivity contribution is 0.668. The summed E-state index contributed by atoms with van der Waals surface area (Å²) in [5.74, 6) is 0. The number of fused-ring (bicyclic) bond motifs is 6. The van der Waals surface area contributed by atoms with Crippen LogP contribution < -0.4 is 0 Å². The lowest BCUT2D eigenvalue weighted by Gasteiger charge is -2.11. The Labute approximate surface area is 240 Å². The highest BCUT2D eigenvalue weighted by Gasteiger charge is 2.14. The fourth-order valence-electron chi connectivity index (χ4n) is 5.71. The first-order valence-corrected chi connectivity index (χ1v) is 13.5. The summed E-state index contributed by atoms with van der Waals surface area (Å²) in [6.07, 6.45) is 3.64. The molecule has 3 heterocycles. The largest absolute Gasteiger partial charge is 0.456 e. The van der Waals surface area contributed by atoms with Crippen molar-refractivity contribution in [3.63, 3.8) is 0 Å². The number of aromatic nitrogens is 1. The average Bonchev–Trinajstić information content (AvgIpc) is 3.61. The van der Waals surface area contributed by atoms with Gasteiger partial charge in [-0.1, -0.05) is 18.2 Å². The highest BCUT2D eigenvalue weighted by atomic mass is 16.3. The van der Waals surface area contributed by atoms with E-state index in [0.717, 1.165) is 77.3 Å². The Morgan fingerprint density at radius 1 is 0.452 bits per heavy atom. The van der Waals surface area contributed by atoms with Crippen molar-refractivity contribution in [1.29, 1.82) is 10.5 Å². The Hall–Kier alpha value is -6.17. The second-order valence-corrected chi connectivity index (χ2v) is 10.3. The number of benzene rings is 5. The highest BCUT2D eigenvalue weighted by molar-refractivity contribution is 6.08. The van der Waals surface area contributed by atoms with Crippen LogP contribution in [0.1, 0.15) is 11.1 Å². The lowest BCUT2D eigenvalue weighted by atomic mass is 9.92. The van der Waals surface area contributed by atoms with Gasteiger partial charge >= 0.3 is 0 Å². The second-order valence-electron chi connectivity index (χ2n) is 10.3. The predicted octanol–water partition coefficient (Wildman–Crippen LogP) is 9.62. The third-order valence-electron chi connectivity index (χ3n) is 7.79. The molecule has 0 aliphatic carbocycles. The van der Waals surface area contributed by atoms with E-state index >= 15 is 0 Å². The minimum atomic E-state index is 0.598. The van der Waals surface area contributed by atoms with E-state index in [2.05, 4.69) is 65.7 Å². The van der Waals surface area contributed by atoms with Gasteiger partial charge in [-0.2, -0.15) is 10.5 Å². The van der Waals surface area contributed by atoms with Crippen molar-refractivity contribution in [2.24, 2.45) is 0 Å². The average molecular weight is 538 g/mol. The van der Waals surface area contributed by atoms with E-state index in [-0.39, 0.29) is 0 Å². The molecule has 8 rings (SSSR count). The maximum Gasteiger partial charge on any atom is 0.135 e. The van der Waals surface area contributed by atoms with Crippen molar-refractivity contribution in [2.45, 2.75) is 0 Å². The molecule has 0 aliphatic heterocycles. The van der Waals surface area contributed by atoms with Gasteiger partial charge in [0.25, 0.3) is 0 Å². The molecule has 8 aromatic rings. The van der Waals surface area contributed by atoms with Crippen molar-refractivity contribution in [3.05, 3.63) is 127 Å². The Balaban J connectivity index is 1.34. The topological polar surface area (TPSA) is 86.8 Å². The zero-order valence-electron chi connectivity index (χ0n) is 22.1. The third-order valence-corrected chi connectivity index (χ3v) is 7.79. The fraction of sp³-hybridized carbons (Fsp3) is 0. The molecule has 0 atom stereocenters. The molecule has 0 saturated heterocycles. The van der Waals surface area contributed by atoms with Crippen molar-refractivity contribution in [2.75, 3.05) is 0 Å². The van der Waals surface area contributed by atoms with Crippen LogP contribution in [0.5, 0.6) is 0 Å². The van der Waals surface area contributed by atoms with Crippen LogP contribution in [-0.4, -0.2) is 4.98 Å². The van der Waals surface area contributed by atoms with Gasteiger partial charge in [-0.05, 0) is 113 Å². The minimum absolute atomic E-state index is 0.598. The molecule has 5 nitrogen and oxygen atoms in total. The number of rotatable bonds is 3. The van der Waals surface area contributed by atoms with Crippen molar-refractivity contribution in [1.82, 2.24) is 4.98 Å². The summed E-state index contributed by atoms with van der Waals surface area (Å²) >= 11 is 0. The molecule has 0 fully saturated rings. The Morgan fingerprint density at radius 3 is 1.36 bits per heavy atom.